The number of esters is 1. The Bertz CT molecular complexity index is 1120. The van der Waals surface area contributed by atoms with Crippen molar-refractivity contribution in [2.45, 2.75) is 13.0 Å². The number of ether oxygens (including phenoxy) is 2. The molecule has 9 heteroatoms. The maximum atomic E-state index is 12.4. The van der Waals surface area contributed by atoms with Crippen molar-refractivity contribution in [1.82, 2.24) is 4.98 Å². The molecular weight excluding hydrogens is 418 g/mol. The Kier molecular flexibility index (Phi) is 5.94. The van der Waals surface area contributed by atoms with E-state index in [0.717, 1.165) is 11.3 Å². The van der Waals surface area contributed by atoms with E-state index < -0.39 is 18.0 Å². The van der Waals surface area contributed by atoms with Crippen LogP contribution in [0.25, 0.3) is 11.3 Å². The van der Waals surface area contributed by atoms with Gasteiger partial charge in [-0.3, -0.25) is 24.6 Å². The minimum absolute atomic E-state index is 0.159. The molecule has 8 nitrogen and oxygen atoms in total. The molecule has 31 heavy (non-hydrogen) atoms. The average molecular weight is 437 g/mol. The Morgan fingerprint density at radius 1 is 1.19 bits per heavy atom. The van der Waals surface area contributed by atoms with E-state index in [9.17, 15) is 14.4 Å². The van der Waals surface area contributed by atoms with E-state index in [1.54, 1.807) is 24.3 Å². The first-order valence-corrected chi connectivity index (χ1v) is 10.4. The highest BCUT2D eigenvalue weighted by molar-refractivity contribution is 7.14. The second-order valence-corrected chi connectivity index (χ2v) is 7.62. The van der Waals surface area contributed by atoms with E-state index >= 15 is 0 Å². The van der Waals surface area contributed by atoms with Crippen molar-refractivity contribution in [1.29, 1.82) is 0 Å². The number of rotatable bonds is 6. The van der Waals surface area contributed by atoms with Crippen LogP contribution in [0.1, 0.15) is 6.92 Å². The third kappa shape index (κ3) is 4.72. The molecule has 0 bridgehead atoms. The fraction of sp³-hybridized carbons (Fsp3) is 0.182. The van der Waals surface area contributed by atoms with Gasteiger partial charge in [0.1, 0.15) is 12.3 Å². The van der Waals surface area contributed by atoms with E-state index in [-0.39, 0.29) is 19.1 Å². The number of amides is 2. The van der Waals surface area contributed by atoms with Gasteiger partial charge in [0.2, 0.25) is 0 Å². The lowest BCUT2D eigenvalue weighted by Crippen LogP contribution is -2.43. The fourth-order valence-electron chi connectivity index (χ4n) is 3.02. The number of nitrogens with one attached hydrogen (secondary N) is 1. The number of carbonyl (C=O) groups excluding carboxylic acids is 3. The second kappa shape index (κ2) is 8.97. The lowest BCUT2D eigenvalue weighted by molar-refractivity contribution is -0.152. The molecule has 1 N–H and O–H groups in total. The maximum absolute atomic E-state index is 12.4. The van der Waals surface area contributed by atoms with Crippen molar-refractivity contribution >= 4 is 39.9 Å². The molecule has 0 saturated carbocycles. The van der Waals surface area contributed by atoms with Gasteiger partial charge >= 0.3 is 5.97 Å². The zero-order valence-corrected chi connectivity index (χ0v) is 17.4. The third-order valence-corrected chi connectivity index (χ3v) is 5.33. The van der Waals surface area contributed by atoms with Crippen LogP contribution in [0.5, 0.6) is 5.75 Å². The molecule has 0 radical (unpaired) electrons. The monoisotopic (exact) mass is 437 g/mol. The van der Waals surface area contributed by atoms with Crippen molar-refractivity contribution in [3.63, 3.8) is 0 Å². The van der Waals surface area contributed by atoms with E-state index in [1.807, 2.05) is 35.7 Å². The van der Waals surface area contributed by atoms with Gasteiger partial charge in [0.15, 0.2) is 17.8 Å². The Balaban J connectivity index is 1.35. The second-order valence-electron chi connectivity index (χ2n) is 6.76. The smallest absolute Gasteiger partial charge is 0.326 e. The molecule has 0 fully saturated rings. The van der Waals surface area contributed by atoms with Gasteiger partial charge in [-0.1, -0.05) is 42.5 Å². The van der Waals surface area contributed by atoms with Crippen molar-refractivity contribution in [3.8, 4) is 17.0 Å². The highest BCUT2D eigenvalue weighted by Crippen LogP contribution is 2.31. The predicted octanol–water partition coefficient (Wildman–Crippen LogP) is 3.11. The first-order chi connectivity index (χ1) is 15.0. The molecule has 2 heterocycles. The van der Waals surface area contributed by atoms with Gasteiger partial charge in [0.25, 0.3) is 11.8 Å². The topological polar surface area (TPSA) is 97.8 Å². The van der Waals surface area contributed by atoms with Crippen LogP contribution in [-0.4, -0.2) is 42.0 Å². The summed E-state index contributed by atoms with van der Waals surface area (Å²) in [5, 5.41) is 4.90. The maximum Gasteiger partial charge on any atom is 0.326 e. The average Bonchev–Trinajstić information content (AvgIpc) is 3.25. The summed E-state index contributed by atoms with van der Waals surface area (Å²) in [6.45, 7) is 0.994. The number of aromatic nitrogens is 1. The molecule has 0 spiro atoms. The van der Waals surface area contributed by atoms with Crippen LogP contribution in [0.4, 0.5) is 10.8 Å². The van der Waals surface area contributed by atoms with E-state index in [1.165, 1.54) is 23.2 Å². The molecule has 1 aliphatic rings. The van der Waals surface area contributed by atoms with Crippen LogP contribution in [0, 0.1) is 0 Å². The molecule has 1 atom stereocenters. The van der Waals surface area contributed by atoms with Crippen molar-refractivity contribution in [2.75, 3.05) is 23.4 Å². The number of hydrogen-bond donors (Lipinski definition) is 1. The summed E-state index contributed by atoms with van der Waals surface area (Å²) < 4.78 is 10.6. The van der Waals surface area contributed by atoms with Gasteiger partial charge in [-0.15, -0.1) is 11.3 Å². The summed E-state index contributed by atoms with van der Waals surface area (Å²) in [7, 11) is 0. The van der Waals surface area contributed by atoms with Gasteiger partial charge in [-0.2, -0.15) is 0 Å². The Hall–Kier alpha value is -3.72. The number of fused-ring (bicyclic) bond motifs is 1. The number of carbonyl (C=O) groups is 3. The highest BCUT2D eigenvalue weighted by atomic mass is 32.1. The van der Waals surface area contributed by atoms with Gasteiger partial charge in [0, 0.05) is 10.9 Å². The Labute approximate surface area is 182 Å². The molecule has 158 valence electrons. The van der Waals surface area contributed by atoms with Gasteiger partial charge < -0.3 is 9.47 Å². The van der Waals surface area contributed by atoms with Gasteiger partial charge in [0.05, 0.1) is 11.4 Å². The first kappa shape index (κ1) is 20.5. The molecule has 2 amide bonds. The zero-order chi connectivity index (χ0) is 21.8. The van der Waals surface area contributed by atoms with Crippen LogP contribution in [0.15, 0.2) is 60.0 Å². The minimum Gasteiger partial charge on any atom is -0.482 e. The van der Waals surface area contributed by atoms with Crippen LogP contribution in [0.3, 0.4) is 0 Å². The van der Waals surface area contributed by atoms with Crippen LogP contribution < -0.4 is 15.0 Å². The van der Waals surface area contributed by atoms with Gasteiger partial charge in [-0.05, 0) is 19.1 Å². The van der Waals surface area contributed by atoms with Crippen molar-refractivity contribution in [3.05, 3.63) is 60.0 Å². The van der Waals surface area contributed by atoms with E-state index in [4.69, 9.17) is 9.47 Å². The molecule has 1 unspecified atom stereocenters. The Morgan fingerprint density at radius 2 is 1.94 bits per heavy atom. The van der Waals surface area contributed by atoms with Gasteiger partial charge in [-0.25, -0.2) is 4.98 Å². The SMILES string of the molecule is CC(OC(=O)CN1C(=O)COc2ccccc21)C(=O)Nc1nc(-c2ccccc2)cs1. The van der Waals surface area contributed by atoms with E-state index in [0.29, 0.717) is 16.6 Å². The van der Waals surface area contributed by atoms with Crippen molar-refractivity contribution < 1.29 is 23.9 Å². The summed E-state index contributed by atoms with van der Waals surface area (Å²) in [5.74, 6) is -1.05. The molecule has 0 saturated heterocycles. The molecule has 4 rings (SSSR count). The predicted molar refractivity (Wildman–Crippen MR) is 116 cm³/mol. The summed E-state index contributed by atoms with van der Waals surface area (Å²) in [6.07, 6.45) is -1.05. The van der Waals surface area contributed by atoms with Crippen LogP contribution in [0.2, 0.25) is 0 Å². The highest BCUT2D eigenvalue weighted by Gasteiger charge is 2.29. The lowest BCUT2D eigenvalue weighted by Gasteiger charge is -2.28. The number of para-hydroxylation sites is 2. The normalized spacial score (nSPS) is 13.7. The third-order valence-electron chi connectivity index (χ3n) is 4.58. The number of thiazole rings is 1. The van der Waals surface area contributed by atoms with Crippen LogP contribution >= 0.6 is 11.3 Å². The van der Waals surface area contributed by atoms with Crippen LogP contribution in [-0.2, 0) is 19.1 Å². The molecule has 2 aromatic carbocycles. The summed E-state index contributed by atoms with van der Waals surface area (Å²) in [4.78, 5) is 42.7. The Morgan fingerprint density at radius 3 is 2.74 bits per heavy atom. The fourth-order valence-corrected chi connectivity index (χ4v) is 3.75. The minimum atomic E-state index is -1.05. The molecule has 1 aromatic heterocycles. The summed E-state index contributed by atoms with van der Waals surface area (Å²) in [5.41, 5.74) is 2.17. The standard InChI is InChI=1S/C22H19N3O5S/c1-14(21(28)24-22-23-16(13-31-22)15-7-3-2-4-8-15)30-20(27)11-25-17-9-5-6-10-18(17)29-12-19(25)26/h2-10,13-14H,11-12H2,1H3,(H,23,24,28). The molecular formula is C22H19N3O5S. The van der Waals surface area contributed by atoms with E-state index in [2.05, 4.69) is 10.3 Å². The summed E-state index contributed by atoms with van der Waals surface area (Å²) in [6, 6.07) is 16.5. The number of nitrogens with zero attached hydrogens (tertiary/aromatic N) is 2. The number of hydrogen-bond acceptors (Lipinski definition) is 7. The quantitative estimate of drug-likeness (QED) is 0.595. The van der Waals surface area contributed by atoms with Crippen molar-refractivity contribution in [2.24, 2.45) is 0 Å². The number of anilines is 2. The molecule has 0 aliphatic carbocycles. The zero-order valence-electron chi connectivity index (χ0n) is 16.6. The largest absolute Gasteiger partial charge is 0.482 e. The molecule has 3 aromatic rings. The number of benzene rings is 2. The first-order valence-electron chi connectivity index (χ1n) is 9.55. The molecule has 1 aliphatic heterocycles. The lowest BCUT2D eigenvalue weighted by atomic mass is 10.2. The summed E-state index contributed by atoms with van der Waals surface area (Å²) >= 11 is 1.28.